The first-order chi connectivity index (χ1) is 16.6. The molecule has 5 nitrogen and oxygen atoms in total. The summed E-state index contributed by atoms with van der Waals surface area (Å²) in [5, 5.41) is 0. The predicted molar refractivity (Wildman–Crippen MR) is 132 cm³/mol. The molecular formula is C29H32N2O3. The molecule has 0 radical (unpaired) electrons. The summed E-state index contributed by atoms with van der Waals surface area (Å²) in [5.74, 6) is 1.05. The maximum absolute atomic E-state index is 13.4. The van der Waals surface area contributed by atoms with Gasteiger partial charge in [-0.3, -0.25) is 19.3 Å². The van der Waals surface area contributed by atoms with Gasteiger partial charge in [-0.2, -0.15) is 0 Å². The minimum Gasteiger partial charge on any atom is -0.342 e. The third kappa shape index (κ3) is 4.44. The molecule has 2 unspecified atom stereocenters. The number of rotatable bonds is 6. The van der Waals surface area contributed by atoms with Crippen LogP contribution in [0.5, 0.6) is 0 Å². The molecule has 3 aliphatic rings. The number of fused-ring (bicyclic) bond motifs is 1. The summed E-state index contributed by atoms with van der Waals surface area (Å²) < 4.78 is 0. The number of carbonyl (C=O) groups excluding carboxylic acids is 3. The molecule has 2 atom stereocenters. The summed E-state index contributed by atoms with van der Waals surface area (Å²) >= 11 is 0. The number of imide groups is 1. The fourth-order valence-electron chi connectivity index (χ4n) is 5.90. The van der Waals surface area contributed by atoms with Crippen molar-refractivity contribution in [2.75, 3.05) is 19.6 Å². The van der Waals surface area contributed by atoms with E-state index in [1.165, 1.54) is 30.6 Å². The summed E-state index contributed by atoms with van der Waals surface area (Å²) in [4.78, 5) is 43.0. The second-order valence-corrected chi connectivity index (χ2v) is 9.78. The Bertz CT molecular complexity index is 1030. The van der Waals surface area contributed by atoms with E-state index in [-0.39, 0.29) is 24.3 Å². The normalized spacial score (nSPS) is 22.8. The lowest BCUT2D eigenvalue weighted by Gasteiger charge is -2.41. The second-order valence-electron chi connectivity index (χ2n) is 9.78. The highest BCUT2D eigenvalue weighted by molar-refractivity contribution is 6.48. The fourth-order valence-corrected chi connectivity index (χ4v) is 5.90. The summed E-state index contributed by atoms with van der Waals surface area (Å²) in [6.45, 7) is 1.98. The third-order valence-corrected chi connectivity index (χ3v) is 7.71. The highest BCUT2D eigenvalue weighted by atomic mass is 16.2. The number of hydrogen-bond acceptors (Lipinski definition) is 3. The average Bonchev–Trinajstić information content (AvgIpc) is 3.14. The highest BCUT2D eigenvalue weighted by Crippen LogP contribution is 2.37. The predicted octanol–water partition coefficient (Wildman–Crippen LogP) is 4.79. The van der Waals surface area contributed by atoms with E-state index in [0.717, 1.165) is 36.6 Å². The molecule has 176 valence electrons. The van der Waals surface area contributed by atoms with Crippen LogP contribution in [0.1, 0.15) is 56.1 Å². The topological polar surface area (TPSA) is 57.7 Å². The molecule has 2 aromatic rings. The van der Waals surface area contributed by atoms with Gasteiger partial charge in [-0.1, -0.05) is 79.9 Å². The van der Waals surface area contributed by atoms with Crippen molar-refractivity contribution in [3.05, 3.63) is 71.8 Å². The number of nitrogens with zero attached hydrogens (tertiary/aromatic N) is 2. The number of likely N-dealkylation sites (tertiary alicyclic amines) is 1. The average molecular weight is 457 g/mol. The van der Waals surface area contributed by atoms with Crippen LogP contribution in [0, 0.1) is 11.8 Å². The van der Waals surface area contributed by atoms with Crippen molar-refractivity contribution in [1.29, 1.82) is 0 Å². The Morgan fingerprint density at radius 3 is 1.91 bits per heavy atom. The fraction of sp³-hybridized carbons (Fsp3) is 0.414. The van der Waals surface area contributed by atoms with Crippen LogP contribution in [0.25, 0.3) is 11.1 Å². The molecular weight excluding hydrogens is 424 g/mol. The van der Waals surface area contributed by atoms with Gasteiger partial charge in [0.15, 0.2) is 0 Å². The highest BCUT2D eigenvalue weighted by Gasteiger charge is 2.39. The molecule has 5 heteroatoms. The van der Waals surface area contributed by atoms with E-state index >= 15 is 0 Å². The van der Waals surface area contributed by atoms with Crippen molar-refractivity contribution < 1.29 is 14.4 Å². The zero-order valence-corrected chi connectivity index (χ0v) is 19.6. The lowest BCUT2D eigenvalue weighted by molar-refractivity contribution is -0.138. The van der Waals surface area contributed by atoms with Crippen LogP contribution in [-0.2, 0) is 14.4 Å². The molecule has 5 rings (SSSR count). The molecule has 0 N–H and O–H groups in total. The Balaban J connectivity index is 1.26. The van der Waals surface area contributed by atoms with Crippen molar-refractivity contribution in [3.8, 4) is 0 Å². The van der Waals surface area contributed by atoms with Crippen LogP contribution in [0.2, 0.25) is 0 Å². The van der Waals surface area contributed by atoms with Gasteiger partial charge in [0.2, 0.25) is 5.91 Å². The van der Waals surface area contributed by atoms with Gasteiger partial charge in [0, 0.05) is 26.1 Å². The molecule has 2 heterocycles. The Labute approximate surface area is 201 Å². The van der Waals surface area contributed by atoms with Gasteiger partial charge in [0.1, 0.15) is 0 Å². The Hall–Kier alpha value is -3.21. The van der Waals surface area contributed by atoms with Crippen molar-refractivity contribution in [2.24, 2.45) is 11.8 Å². The number of piperidine rings is 1. The SMILES string of the molecule is O=C(CCCN1C(=O)C(c2ccccc2)=C(c2ccccc2)C1=O)N1CCC2CCCCC2C1. The lowest BCUT2D eigenvalue weighted by atomic mass is 9.75. The second kappa shape index (κ2) is 9.96. The quantitative estimate of drug-likeness (QED) is 0.588. The van der Waals surface area contributed by atoms with Gasteiger partial charge in [-0.25, -0.2) is 0 Å². The maximum atomic E-state index is 13.4. The summed E-state index contributed by atoms with van der Waals surface area (Å²) in [6, 6.07) is 18.8. The standard InChI is InChI=1S/C29H32N2O3/c32-25(30-19-17-21-10-7-8-15-24(21)20-30)16-9-18-31-28(33)26(22-11-3-1-4-12-22)27(29(31)34)23-13-5-2-6-14-23/h1-6,11-14,21,24H,7-10,15-20H2. The van der Waals surface area contributed by atoms with Gasteiger partial charge in [-0.05, 0) is 42.2 Å². The Kier molecular flexibility index (Phi) is 6.61. The summed E-state index contributed by atoms with van der Waals surface area (Å²) in [6.07, 6.45) is 7.14. The van der Waals surface area contributed by atoms with Crippen LogP contribution >= 0.6 is 0 Å². The van der Waals surface area contributed by atoms with E-state index < -0.39 is 0 Å². The molecule has 34 heavy (non-hydrogen) atoms. The van der Waals surface area contributed by atoms with Crippen LogP contribution < -0.4 is 0 Å². The van der Waals surface area contributed by atoms with E-state index in [1.807, 2.05) is 65.6 Å². The molecule has 1 saturated carbocycles. The van der Waals surface area contributed by atoms with Crippen LogP contribution in [-0.4, -0.2) is 47.2 Å². The minimum absolute atomic E-state index is 0.155. The molecule has 0 spiro atoms. The number of hydrogen-bond donors (Lipinski definition) is 0. The van der Waals surface area contributed by atoms with Gasteiger partial charge in [0.25, 0.3) is 11.8 Å². The monoisotopic (exact) mass is 456 g/mol. The third-order valence-electron chi connectivity index (χ3n) is 7.71. The minimum atomic E-state index is -0.273. The van der Waals surface area contributed by atoms with Gasteiger partial charge >= 0.3 is 0 Å². The first-order valence-corrected chi connectivity index (χ1v) is 12.6. The zero-order chi connectivity index (χ0) is 23.5. The Morgan fingerprint density at radius 1 is 0.765 bits per heavy atom. The Morgan fingerprint density at radius 2 is 1.32 bits per heavy atom. The van der Waals surface area contributed by atoms with E-state index in [1.54, 1.807) is 0 Å². The number of carbonyl (C=O) groups is 3. The molecule has 2 aromatic carbocycles. The summed E-state index contributed by atoms with van der Waals surface area (Å²) in [7, 11) is 0. The molecule has 1 aliphatic carbocycles. The van der Waals surface area contributed by atoms with Crippen LogP contribution in [0.4, 0.5) is 0 Å². The largest absolute Gasteiger partial charge is 0.342 e. The maximum Gasteiger partial charge on any atom is 0.262 e. The van der Waals surface area contributed by atoms with E-state index in [9.17, 15) is 14.4 Å². The van der Waals surface area contributed by atoms with E-state index in [0.29, 0.717) is 29.9 Å². The first kappa shape index (κ1) is 22.6. The van der Waals surface area contributed by atoms with Crippen LogP contribution in [0.15, 0.2) is 60.7 Å². The van der Waals surface area contributed by atoms with Gasteiger partial charge in [-0.15, -0.1) is 0 Å². The lowest BCUT2D eigenvalue weighted by Crippen LogP contribution is -2.45. The molecule has 1 saturated heterocycles. The van der Waals surface area contributed by atoms with E-state index in [4.69, 9.17) is 0 Å². The first-order valence-electron chi connectivity index (χ1n) is 12.6. The molecule has 2 aliphatic heterocycles. The van der Waals surface area contributed by atoms with Crippen molar-refractivity contribution in [1.82, 2.24) is 9.80 Å². The molecule has 3 amide bonds. The van der Waals surface area contributed by atoms with Gasteiger partial charge in [0.05, 0.1) is 11.1 Å². The van der Waals surface area contributed by atoms with E-state index in [2.05, 4.69) is 0 Å². The van der Waals surface area contributed by atoms with Crippen molar-refractivity contribution in [2.45, 2.75) is 44.9 Å². The van der Waals surface area contributed by atoms with Crippen molar-refractivity contribution in [3.63, 3.8) is 0 Å². The molecule has 2 fully saturated rings. The number of benzene rings is 2. The number of amides is 3. The zero-order valence-electron chi connectivity index (χ0n) is 19.6. The smallest absolute Gasteiger partial charge is 0.262 e. The van der Waals surface area contributed by atoms with Gasteiger partial charge < -0.3 is 4.90 Å². The van der Waals surface area contributed by atoms with Crippen molar-refractivity contribution >= 4 is 28.9 Å². The van der Waals surface area contributed by atoms with Crippen LogP contribution in [0.3, 0.4) is 0 Å². The molecule has 0 aromatic heterocycles. The summed E-state index contributed by atoms with van der Waals surface area (Å²) in [5.41, 5.74) is 2.38. The molecule has 0 bridgehead atoms.